The van der Waals surface area contributed by atoms with Crippen LogP contribution >= 0.6 is 11.8 Å². The number of amides is 1. The maximum atomic E-state index is 12.2. The van der Waals surface area contributed by atoms with E-state index >= 15 is 0 Å². The summed E-state index contributed by atoms with van der Waals surface area (Å²) in [5, 5.41) is 29.9. The van der Waals surface area contributed by atoms with Crippen molar-refractivity contribution in [1.29, 1.82) is 0 Å². The van der Waals surface area contributed by atoms with E-state index in [1.165, 1.54) is 18.7 Å². The van der Waals surface area contributed by atoms with E-state index in [1.54, 1.807) is 0 Å². The fourth-order valence-electron chi connectivity index (χ4n) is 1.40. The van der Waals surface area contributed by atoms with Crippen molar-refractivity contribution in [2.75, 3.05) is 37.6 Å². The Labute approximate surface area is 129 Å². The highest BCUT2D eigenvalue weighted by atomic mass is 32.2. The number of aliphatic hydroxyl groups is 3. The number of carbonyl (C=O) groups excluding carboxylic acids is 1. The maximum absolute atomic E-state index is 12.2. The van der Waals surface area contributed by atoms with Gasteiger partial charge in [-0.25, -0.2) is 13.1 Å². The molecule has 0 aliphatic carbocycles. The first-order chi connectivity index (χ1) is 9.79. The smallest absolute Gasteiger partial charge is 0.238 e. The zero-order valence-corrected chi connectivity index (χ0v) is 13.8. The monoisotopic (exact) mass is 344 g/mol. The minimum atomic E-state index is -3.58. The lowest BCUT2D eigenvalue weighted by Gasteiger charge is -2.30. The molecule has 0 radical (unpaired) electrons. The third kappa shape index (κ3) is 6.94. The number of nitrogens with one attached hydrogen (secondary N) is 2. The van der Waals surface area contributed by atoms with Crippen LogP contribution in [0.1, 0.15) is 13.3 Å². The van der Waals surface area contributed by atoms with Gasteiger partial charge in [0.15, 0.2) is 0 Å². The van der Waals surface area contributed by atoms with Gasteiger partial charge in [-0.3, -0.25) is 4.79 Å². The van der Waals surface area contributed by atoms with Crippen molar-refractivity contribution >= 4 is 27.7 Å². The van der Waals surface area contributed by atoms with Crippen LogP contribution in [0.4, 0.5) is 0 Å². The fraction of sp³-hybridized carbons (Fsp3) is 0.909. The zero-order chi connectivity index (χ0) is 16.5. The predicted molar refractivity (Wildman–Crippen MR) is 81.5 cm³/mol. The number of rotatable bonds is 11. The highest BCUT2D eigenvalue weighted by Gasteiger charge is 2.33. The molecule has 8 nitrogen and oxygen atoms in total. The largest absolute Gasteiger partial charge is 0.394 e. The van der Waals surface area contributed by atoms with E-state index in [0.717, 1.165) is 0 Å². The Kier molecular flexibility index (Phi) is 9.41. The van der Waals surface area contributed by atoms with Gasteiger partial charge in [0, 0.05) is 0 Å². The second-order valence-corrected chi connectivity index (χ2v) is 7.63. The van der Waals surface area contributed by atoms with Crippen LogP contribution in [0.2, 0.25) is 0 Å². The van der Waals surface area contributed by atoms with Gasteiger partial charge in [-0.2, -0.15) is 11.8 Å². The highest BCUT2D eigenvalue weighted by Crippen LogP contribution is 2.07. The van der Waals surface area contributed by atoms with E-state index in [1.807, 2.05) is 6.26 Å². The van der Waals surface area contributed by atoms with E-state index in [4.69, 9.17) is 0 Å². The van der Waals surface area contributed by atoms with Gasteiger partial charge in [-0.15, -0.1) is 0 Å². The number of hydrogen-bond donors (Lipinski definition) is 5. The summed E-state index contributed by atoms with van der Waals surface area (Å²) in [7, 11) is -3.58. The summed E-state index contributed by atoms with van der Waals surface area (Å²) in [4.78, 5) is 12.2. The van der Waals surface area contributed by atoms with Crippen molar-refractivity contribution in [1.82, 2.24) is 10.0 Å². The average Bonchev–Trinajstić information content (AvgIpc) is 2.49. The van der Waals surface area contributed by atoms with Crippen molar-refractivity contribution in [3.05, 3.63) is 0 Å². The molecular formula is C11H24N2O6S2. The van der Waals surface area contributed by atoms with Crippen LogP contribution in [0.5, 0.6) is 0 Å². The predicted octanol–water partition coefficient (Wildman–Crippen LogP) is -2.12. The summed E-state index contributed by atoms with van der Waals surface area (Å²) in [5.41, 5.74) is -1.58. The summed E-state index contributed by atoms with van der Waals surface area (Å²) in [6, 6.07) is -1.02. The summed E-state index contributed by atoms with van der Waals surface area (Å²) in [6.07, 6.45) is 2.08. The highest BCUT2D eigenvalue weighted by molar-refractivity contribution is 7.98. The van der Waals surface area contributed by atoms with Gasteiger partial charge in [0.1, 0.15) is 11.6 Å². The molecule has 0 rings (SSSR count). The van der Waals surface area contributed by atoms with Crippen LogP contribution in [0.25, 0.3) is 0 Å². The number of aliphatic hydroxyl groups excluding tert-OH is 3. The molecule has 0 saturated carbocycles. The zero-order valence-electron chi connectivity index (χ0n) is 12.2. The first-order valence-electron chi connectivity index (χ1n) is 6.43. The molecule has 0 aromatic carbocycles. The lowest BCUT2D eigenvalue weighted by Crippen LogP contribution is -2.61. The van der Waals surface area contributed by atoms with Gasteiger partial charge in [0.2, 0.25) is 15.9 Å². The lowest BCUT2D eigenvalue weighted by molar-refractivity contribution is -0.127. The summed E-state index contributed by atoms with van der Waals surface area (Å²) in [6.45, 7) is -0.546. The number of sulfonamides is 1. The van der Waals surface area contributed by atoms with Gasteiger partial charge in [0.25, 0.3) is 0 Å². The molecule has 0 heterocycles. The number of carbonyl (C=O) groups is 1. The van der Waals surface area contributed by atoms with Crippen LogP contribution in [-0.4, -0.2) is 78.8 Å². The third-order valence-electron chi connectivity index (χ3n) is 2.93. The first-order valence-corrected chi connectivity index (χ1v) is 9.48. The van der Waals surface area contributed by atoms with Crippen molar-refractivity contribution in [2.45, 2.75) is 24.9 Å². The Balaban J connectivity index is 5.02. The number of hydrogen-bond acceptors (Lipinski definition) is 7. The van der Waals surface area contributed by atoms with E-state index in [0.29, 0.717) is 5.75 Å². The topological polar surface area (TPSA) is 136 Å². The Morgan fingerprint density at radius 3 is 2.14 bits per heavy atom. The van der Waals surface area contributed by atoms with Crippen LogP contribution in [0.3, 0.4) is 0 Å². The van der Waals surface area contributed by atoms with Gasteiger partial charge in [-0.1, -0.05) is 0 Å². The molecule has 0 aliphatic rings. The molecule has 10 heteroatoms. The molecule has 5 N–H and O–H groups in total. The van der Waals surface area contributed by atoms with Gasteiger partial charge in [-0.05, 0) is 25.4 Å². The molecule has 0 aliphatic heterocycles. The molecule has 0 aromatic rings. The van der Waals surface area contributed by atoms with E-state index in [2.05, 4.69) is 10.0 Å². The van der Waals surface area contributed by atoms with E-state index in [9.17, 15) is 28.5 Å². The third-order valence-corrected chi connectivity index (χ3v) is 4.97. The standard InChI is InChI=1S/C11H24N2O6S2/c1-3-21(18,19)13-9(4-5-20-2)10(17)12-11(6-14,7-15)8-16/h9,13-16H,3-8H2,1-2H3,(H,12,17). The van der Waals surface area contributed by atoms with Crippen molar-refractivity contribution in [3.63, 3.8) is 0 Å². The molecule has 0 bridgehead atoms. The Bertz CT molecular complexity index is 403. The molecular weight excluding hydrogens is 320 g/mol. The molecule has 1 amide bonds. The molecule has 126 valence electrons. The average molecular weight is 344 g/mol. The second-order valence-electron chi connectivity index (χ2n) is 4.60. The lowest BCUT2D eigenvalue weighted by atomic mass is 10.0. The van der Waals surface area contributed by atoms with E-state index in [-0.39, 0.29) is 12.2 Å². The van der Waals surface area contributed by atoms with E-state index < -0.39 is 47.3 Å². The van der Waals surface area contributed by atoms with Crippen molar-refractivity contribution in [3.8, 4) is 0 Å². The summed E-state index contributed by atoms with van der Waals surface area (Å²) >= 11 is 1.45. The van der Waals surface area contributed by atoms with Gasteiger partial charge >= 0.3 is 0 Å². The van der Waals surface area contributed by atoms with Crippen LogP contribution < -0.4 is 10.0 Å². The molecule has 0 aromatic heterocycles. The van der Waals surface area contributed by atoms with Crippen LogP contribution in [-0.2, 0) is 14.8 Å². The Morgan fingerprint density at radius 1 is 1.24 bits per heavy atom. The summed E-state index contributed by atoms with van der Waals surface area (Å²) < 4.78 is 25.5. The fourth-order valence-corrected chi connectivity index (χ4v) is 2.69. The molecule has 0 spiro atoms. The molecule has 0 fully saturated rings. The van der Waals surface area contributed by atoms with Crippen molar-refractivity contribution < 1.29 is 28.5 Å². The second kappa shape index (κ2) is 9.59. The number of thioether (sulfide) groups is 1. The van der Waals surface area contributed by atoms with Crippen LogP contribution in [0.15, 0.2) is 0 Å². The molecule has 21 heavy (non-hydrogen) atoms. The molecule has 1 unspecified atom stereocenters. The van der Waals surface area contributed by atoms with Gasteiger partial charge < -0.3 is 20.6 Å². The van der Waals surface area contributed by atoms with Crippen LogP contribution in [0, 0.1) is 0 Å². The molecule has 1 atom stereocenters. The normalized spacial score (nSPS) is 14.0. The quantitative estimate of drug-likeness (QED) is 0.289. The van der Waals surface area contributed by atoms with Crippen molar-refractivity contribution in [2.24, 2.45) is 0 Å². The Hall–Kier alpha value is -0.390. The SMILES string of the molecule is CCS(=O)(=O)NC(CCSC)C(=O)NC(CO)(CO)CO. The maximum Gasteiger partial charge on any atom is 0.238 e. The summed E-state index contributed by atoms with van der Waals surface area (Å²) in [5.74, 6) is -0.311. The molecule has 0 saturated heterocycles. The van der Waals surface area contributed by atoms with Gasteiger partial charge in [0.05, 0.1) is 25.6 Å². The minimum Gasteiger partial charge on any atom is -0.394 e. The first kappa shape index (κ1) is 20.6. The Morgan fingerprint density at radius 2 is 1.76 bits per heavy atom. The minimum absolute atomic E-state index is 0.165.